The maximum Gasteiger partial charge on any atom is 0.306 e. The molecule has 6 heteroatoms. The molecule has 0 heterocycles. The number of phenols is 1. The molecule has 0 amide bonds. The first-order valence-corrected chi connectivity index (χ1v) is 9.86. The van der Waals surface area contributed by atoms with Crippen LogP contribution in [0.1, 0.15) is 30.4 Å². The molecule has 0 unspecified atom stereocenters. The largest absolute Gasteiger partial charge is 0.507 e. The van der Waals surface area contributed by atoms with Gasteiger partial charge in [0.1, 0.15) is 29.7 Å². The van der Waals surface area contributed by atoms with Crippen molar-refractivity contribution < 1.29 is 28.5 Å². The third kappa shape index (κ3) is 5.54. The predicted octanol–water partition coefficient (Wildman–Crippen LogP) is 5.45. The Morgan fingerprint density at radius 3 is 2.52 bits per heavy atom. The average molecular weight is 424 g/mol. The minimum Gasteiger partial charge on any atom is -0.507 e. The molecule has 3 rings (SSSR count). The SMILES string of the molecule is COC(=O)C[C@H](C)c1cccc(OCc2ccc(-c3cc(OC)ccc3F)c(O)c2)c1. The number of hydrogen-bond donors (Lipinski definition) is 1. The zero-order valence-electron chi connectivity index (χ0n) is 17.7. The maximum atomic E-state index is 14.2. The second-order valence-electron chi connectivity index (χ2n) is 7.24. The van der Waals surface area contributed by atoms with Crippen LogP contribution in [0.5, 0.6) is 17.2 Å². The highest BCUT2D eigenvalue weighted by molar-refractivity contribution is 5.72. The molecule has 0 radical (unpaired) electrons. The number of rotatable bonds is 8. The lowest BCUT2D eigenvalue weighted by molar-refractivity contribution is -0.140. The summed E-state index contributed by atoms with van der Waals surface area (Å²) in [6, 6.07) is 16.9. The summed E-state index contributed by atoms with van der Waals surface area (Å²) < 4.78 is 29.9. The van der Waals surface area contributed by atoms with Crippen LogP contribution in [0.15, 0.2) is 60.7 Å². The van der Waals surface area contributed by atoms with Crippen molar-refractivity contribution in [3.63, 3.8) is 0 Å². The van der Waals surface area contributed by atoms with Gasteiger partial charge < -0.3 is 19.3 Å². The molecule has 5 nitrogen and oxygen atoms in total. The monoisotopic (exact) mass is 424 g/mol. The minimum atomic E-state index is -0.446. The van der Waals surface area contributed by atoms with Crippen LogP contribution in [0.4, 0.5) is 4.39 Å². The van der Waals surface area contributed by atoms with E-state index >= 15 is 0 Å². The van der Waals surface area contributed by atoms with E-state index in [4.69, 9.17) is 14.2 Å². The normalized spacial score (nSPS) is 11.6. The van der Waals surface area contributed by atoms with Crippen LogP contribution in [-0.4, -0.2) is 25.3 Å². The van der Waals surface area contributed by atoms with Crippen molar-refractivity contribution in [3.8, 4) is 28.4 Å². The molecule has 1 N–H and O–H groups in total. The summed E-state index contributed by atoms with van der Waals surface area (Å²) in [5.41, 5.74) is 2.34. The van der Waals surface area contributed by atoms with E-state index in [-0.39, 0.29) is 36.2 Å². The van der Waals surface area contributed by atoms with E-state index < -0.39 is 5.82 Å². The van der Waals surface area contributed by atoms with E-state index in [2.05, 4.69) is 0 Å². The van der Waals surface area contributed by atoms with Crippen LogP contribution >= 0.6 is 0 Å². The topological polar surface area (TPSA) is 65.0 Å². The Morgan fingerprint density at radius 1 is 1.00 bits per heavy atom. The quantitative estimate of drug-likeness (QED) is 0.487. The molecule has 0 aliphatic carbocycles. The first-order chi connectivity index (χ1) is 14.9. The predicted molar refractivity (Wildman–Crippen MR) is 116 cm³/mol. The van der Waals surface area contributed by atoms with Gasteiger partial charge in [-0.15, -0.1) is 0 Å². The molecule has 0 saturated carbocycles. The molecule has 0 aromatic heterocycles. The zero-order chi connectivity index (χ0) is 22.4. The molecule has 3 aromatic rings. The van der Waals surface area contributed by atoms with Crippen molar-refractivity contribution in [2.75, 3.05) is 14.2 Å². The van der Waals surface area contributed by atoms with Gasteiger partial charge >= 0.3 is 5.97 Å². The molecule has 0 aliphatic heterocycles. The number of methoxy groups -OCH3 is 2. The van der Waals surface area contributed by atoms with Crippen LogP contribution in [0.25, 0.3) is 11.1 Å². The summed E-state index contributed by atoms with van der Waals surface area (Å²) in [4.78, 5) is 11.5. The first kappa shape index (κ1) is 22.2. The Morgan fingerprint density at radius 2 is 1.81 bits per heavy atom. The number of hydrogen-bond acceptors (Lipinski definition) is 5. The second-order valence-corrected chi connectivity index (χ2v) is 7.24. The highest BCUT2D eigenvalue weighted by atomic mass is 19.1. The summed E-state index contributed by atoms with van der Waals surface area (Å²) in [5.74, 6) is 0.395. The van der Waals surface area contributed by atoms with Gasteiger partial charge in [0.25, 0.3) is 0 Å². The van der Waals surface area contributed by atoms with Crippen molar-refractivity contribution in [3.05, 3.63) is 77.6 Å². The number of carbonyl (C=O) groups excluding carboxylic acids is 1. The fraction of sp³-hybridized carbons (Fsp3) is 0.240. The maximum absolute atomic E-state index is 14.2. The smallest absolute Gasteiger partial charge is 0.306 e. The third-order valence-electron chi connectivity index (χ3n) is 5.06. The molecule has 0 fully saturated rings. The van der Waals surface area contributed by atoms with E-state index in [1.165, 1.54) is 26.4 Å². The first-order valence-electron chi connectivity index (χ1n) is 9.86. The Bertz CT molecular complexity index is 1060. The molecule has 0 aliphatic rings. The van der Waals surface area contributed by atoms with Gasteiger partial charge in [0.15, 0.2) is 0 Å². The molecule has 3 aromatic carbocycles. The number of carbonyl (C=O) groups is 1. The summed E-state index contributed by atoms with van der Waals surface area (Å²) in [5, 5.41) is 10.4. The molecule has 0 saturated heterocycles. The second kappa shape index (κ2) is 9.98. The van der Waals surface area contributed by atoms with Gasteiger partial charge in [-0.2, -0.15) is 0 Å². The minimum absolute atomic E-state index is 0.00270. The number of phenolic OH excluding ortho intramolecular Hbond substituents is 1. The zero-order valence-corrected chi connectivity index (χ0v) is 17.7. The van der Waals surface area contributed by atoms with Gasteiger partial charge in [-0.25, -0.2) is 4.39 Å². The van der Waals surface area contributed by atoms with Crippen molar-refractivity contribution in [1.82, 2.24) is 0 Å². The fourth-order valence-electron chi connectivity index (χ4n) is 3.26. The molecule has 0 bridgehead atoms. The number of ether oxygens (including phenoxy) is 3. The van der Waals surface area contributed by atoms with Gasteiger partial charge in [0.2, 0.25) is 0 Å². The molecule has 162 valence electrons. The van der Waals surface area contributed by atoms with Crippen molar-refractivity contribution >= 4 is 5.97 Å². The Labute approximate surface area is 181 Å². The van der Waals surface area contributed by atoms with Crippen LogP contribution in [-0.2, 0) is 16.1 Å². The van der Waals surface area contributed by atoms with Crippen molar-refractivity contribution in [2.24, 2.45) is 0 Å². The fourth-order valence-corrected chi connectivity index (χ4v) is 3.26. The number of aromatic hydroxyl groups is 1. The lowest BCUT2D eigenvalue weighted by Gasteiger charge is -2.13. The van der Waals surface area contributed by atoms with Gasteiger partial charge in [0, 0.05) is 11.1 Å². The third-order valence-corrected chi connectivity index (χ3v) is 5.06. The van der Waals surface area contributed by atoms with E-state index in [0.717, 1.165) is 11.1 Å². The summed E-state index contributed by atoms with van der Waals surface area (Å²) in [6.07, 6.45) is 0.288. The van der Waals surface area contributed by atoms with Gasteiger partial charge in [-0.3, -0.25) is 4.79 Å². The number of benzene rings is 3. The van der Waals surface area contributed by atoms with Gasteiger partial charge in [0.05, 0.1) is 20.6 Å². The summed E-state index contributed by atoms with van der Waals surface area (Å²) >= 11 is 0. The highest BCUT2D eigenvalue weighted by Crippen LogP contribution is 2.34. The van der Waals surface area contributed by atoms with E-state index in [1.54, 1.807) is 24.3 Å². The van der Waals surface area contributed by atoms with Gasteiger partial charge in [-0.1, -0.05) is 31.2 Å². The van der Waals surface area contributed by atoms with E-state index in [1.807, 2.05) is 31.2 Å². The van der Waals surface area contributed by atoms with Gasteiger partial charge in [-0.05, 0) is 53.4 Å². The van der Waals surface area contributed by atoms with Crippen LogP contribution in [0.3, 0.4) is 0 Å². The van der Waals surface area contributed by atoms with Crippen molar-refractivity contribution in [1.29, 1.82) is 0 Å². The van der Waals surface area contributed by atoms with E-state index in [0.29, 0.717) is 17.1 Å². The Balaban J connectivity index is 1.72. The summed E-state index contributed by atoms with van der Waals surface area (Å²) in [7, 11) is 2.88. The van der Waals surface area contributed by atoms with Crippen LogP contribution in [0.2, 0.25) is 0 Å². The van der Waals surface area contributed by atoms with Crippen molar-refractivity contribution in [2.45, 2.75) is 25.9 Å². The molecule has 0 spiro atoms. The lowest BCUT2D eigenvalue weighted by atomic mass is 9.98. The number of halogens is 1. The Kier molecular flexibility index (Phi) is 7.13. The lowest BCUT2D eigenvalue weighted by Crippen LogP contribution is -2.06. The molecular weight excluding hydrogens is 399 g/mol. The molecule has 1 atom stereocenters. The van der Waals surface area contributed by atoms with E-state index in [9.17, 15) is 14.3 Å². The summed E-state index contributed by atoms with van der Waals surface area (Å²) in [6.45, 7) is 2.17. The number of esters is 1. The van der Waals surface area contributed by atoms with Crippen LogP contribution in [0, 0.1) is 5.82 Å². The molecule has 31 heavy (non-hydrogen) atoms. The average Bonchev–Trinajstić information content (AvgIpc) is 2.78. The standard InChI is InChI=1S/C25H25FO5/c1-16(11-25(28)30-3)18-5-4-6-20(13-18)31-15-17-7-9-21(24(27)12-17)22-14-19(29-2)8-10-23(22)26/h4-10,12-14,16,27H,11,15H2,1-3H3/t16-/m0/s1. The highest BCUT2D eigenvalue weighted by Gasteiger charge is 2.14. The molecular formula is C25H25FO5. The van der Waals surface area contributed by atoms with Crippen LogP contribution < -0.4 is 9.47 Å². The Hall–Kier alpha value is -3.54.